The third-order valence-corrected chi connectivity index (χ3v) is 5.68. The largest absolute Gasteiger partial charge is 0.459 e. The predicted molar refractivity (Wildman–Crippen MR) is 101 cm³/mol. The summed E-state index contributed by atoms with van der Waals surface area (Å²) in [5.41, 5.74) is 2.70. The minimum atomic E-state index is -0.148. The maximum Gasteiger partial charge on any atom is 0.289 e. The van der Waals surface area contributed by atoms with Crippen LogP contribution >= 0.6 is 0 Å². The van der Waals surface area contributed by atoms with Crippen LogP contribution in [0.3, 0.4) is 0 Å². The van der Waals surface area contributed by atoms with E-state index in [1.807, 2.05) is 11.8 Å². The molecular weight excluding hydrogens is 342 g/mol. The van der Waals surface area contributed by atoms with Gasteiger partial charge in [-0.25, -0.2) is 0 Å². The van der Waals surface area contributed by atoms with Crippen LogP contribution in [-0.2, 0) is 17.8 Å². The summed E-state index contributed by atoms with van der Waals surface area (Å²) in [7, 11) is 0. The molecule has 2 aliphatic rings. The third-order valence-electron chi connectivity index (χ3n) is 5.68. The van der Waals surface area contributed by atoms with E-state index in [2.05, 4.69) is 29.2 Å². The van der Waals surface area contributed by atoms with Crippen LogP contribution in [0.15, 0.2) is 47.1 Å². The average molecular weight is 367 g/mol. The van der Waals surface area contributed by atoms with E-state index in [1.165, 1.54) is 17.4 Å². The lowest BCUT2D eigenvalue weighted by Crippen LogP contribution is -2.55. The van der Waals surface area contributed by atoms with Gasteiger partial charge in [0.15, 0.2) is 5.76 Å². The van der Waals surface area contributed by atoms with Crippen LogP contribution in [0.25, 0.3) is 0 Å². The molecule has 0 radical (unpaired) electrons. The highest BCUT2D eigenvalue weighted by Gasteiger charge is 2.31. The molecule has 2 amide bonds. The van der Waals surface area contributed by atoms with Crippen molar-refractivity contribution >= 4 is 11.8 Å². The highest BCUT2D eigenvalue weighted by molar-refractivity contribution is 5.91. The number of piperazine rings is 1. The molecule has 0 saturated carbocycles. The molecule has 27 heavy (non-hydrogen) atoms. The number of amides is 2. The second-order valence-electron chi connectivity index (χ2n) is 7.26. The second kappa shape index (κ2) is 7.56. The first kappa shape index (κ1) is 17.8. The Hall–Kier alpha value is -2.60. The maximum absolute atomic E-state index is 13.0. The standard InChI is InChI=1S/C21H25N3O3/c1-16(24-9-8-17-5-2-3-6-18(17)15-24)20(25)22-10-12-23(13-11-22)21(26)19-7-4-14-27-19/h2-7,14,16H,8-13,15H2,1H3. The van der Waals surface area contributed by atoms with E-state index in [1.54, 1.807) is 17.0 Å². The summed E-state index contributed by atoms with van der Waals surface area (Å²) in [6.45, 7) is 5.94. The van der Waals surface area contributed by atoms with Gasteiger partial charge < -0.3 is 14.2 Å². The summed E-state index contributed by atoms with van der Waals surface area (Å²) in [4.78, 5) is 31.2. The average Bonchev–Trinajstić information content (AvgIpc) is 3.27. The van der Waals surface area contributed by atoms with E-state index in [-0.39, 0.29) is 17.9 Å². The van der Waals surface area contributed by atoms with Gasteiger partial charge in [-0.1, -0.05) is 24.3 Å². The van der Waals surface area contributed by atoms with Gasteiger partial charge in [0.25, 0.3) is 5.91 Å². The Labute approximate surface area is 159 Å². The Morgan fingerprint density at radius 1 is 0.926 bits per heavy atom. The second-order valence-corrected chi connectivity index (χ2v) is 7.26. The molecule has 0 N–H and O–H groups in total. The van der Waals surface area contributed by atoms with Gasteiger partial charge in [-0.2, -0.15) is 0 Å². The number of furan rings is 1. The highest BCUT2D eigenvalue weighted by Crippen LogP contribution is 2.21. The van der Waals surface area contributed by atoms with Crippen molar-refractivity contribution in [3.63, 3.8) is 0 Å². The number of carbonyl (C=O) groups is 2. The molecule has 3 heterocycles. The molecule has 2 aromatic rings. The van der Waals surface area contributed by atoms with Crippen LogP contribution in [0.1, 0.15) is 28.6 Å². The Kier molecular flexibility index (Phi) is 4.99. The van der Waals surface area contributed by atoms with Crippen molar-refractivity contribution in [2.45, 2.75) is 25.9 Å². The van der Waals surface area contributed by atoms with Crippen LogP contribution in [0.2, 0.25) is 0 Å². The normalized spacial score (nSPS) is 18.9. The summed E-state index contributed by atoms with van der Waals surface area (Å²) in [6, 6.07) is 11.7. The zero-order valence-electron chi connectivity index (χ0n) is 15.6. The van der Waals surface area contributed by atoms with Gasteiger partial charge in [0.2, 0.25) is 5.91 Å². The first-order valence-corrected chi connectivity index (χ1v) is 9.56. The maximum atomic E-state index is 13.0. The molecule has 1 saturated heterocycles. The molecule has 1 fully saturated rings. The fourth-order valence-corrected chi connectivity index (χ4v) is 3.95. The molecule has 1 unspecified atom stereocenters. The van der Waals surface area contributed by atoms with Crippen molar-refractivity contribution in [3.05, 3.63) is 59.5 Å². The van der Waals surface area contributed by atoms with Crippen LogP contribution in [0.4, 0.5) is 0 Å². The molecule has 0 aliphatic carbocycles. The number of rotatable bonds is 3. The molecule has 4 rings (SSSR count). The van der Waals surface area contributed by atoms with Crippen molar-refractivity contribution in [2.24, 2.45) is 0 Å². The highest BCUT2D eigenvalue weighted by atomic mass is 16.3. The quantitative estimate of drug-likeness (QED) is 0.833. The van der Waals surface area contributed by atoms with E-state index >= 15 is 0 Å². The summed E-state index contributed by atoms with van der Waals surface area (Å²) >= 11 is 0. The van der Waals surface area contributed by atoms with Gasteiger partial charge in [0.05, 0.1) is 12.3 Å². The van der Waals surface area contributed by atoms with E-state index < -0.39 is 0 Å². The lowest BCUT2D eigenvalue weighted by atomic mass is 9.98. The Morgan fingerprint density at radius 3 is 2.33 bits per heavy atom. The van der Waals surface area contributed by atoms with Crippen LogP contribution < -0.4 is 0 Å². The molecule has 2 aliphatic heterocycles. The smallest absolute Gasteiger partial charge is 0.289 e. The minimum Gasteiger partial charge on any atom is -0.459 e. The Bertz CT molecular complexity index is 810. The molecule has 0 spiro atoms. The van der Waals surface area contributed by atoms with Gasteiger partial charge in [-0.05, 0) is 36.6 Å². The SMILES string of the molecule is CC(C(=O)N1CCN(C(=O)c2ccco2)CC1)N1CCc2ccccc2C1. The van der Waals surface area contributed by atoms with Gasteiger partial charge in [-0.15, -0.1) is 0 Å². The molecule has 0 bridgehead atoms. The fourth-order valence-electron chi connectivity index (χ4n) is 3.95. The number of nitrogens with zero attached hydrogens (tertiary/aromatic N) is 3. The Balaban J connectivity index is 1.33. The minimum absolute atomic E-state index is 0.104. The summed E-state index contributed by atoms with van der Waals surface area (Å²) in [6.07, 6.45) is 2.49. The first-order valence-electron chi connectivity index (χ1n) is 9.56. The van der Waals surface area contributed by atoms with Crippen LogP contribution in [0, 0.1) is 0 Å². The topological polar surface area (TPSA) is 57.0 Å². The number of fused-ring (bicyclic) bond motifs is 1. The molecule has 6 nitrogen and oxygen atoms in total. The van der Waals surface area contributed by atoms with E-state index in [0.29, 0.717) is 31.9 Å². The monoisotopic (exact) mass is 367 g/mol. The zero-order valence-corrected chi connectivity index (χ0v) is 15.6. The number of hydrogen-bond donors (Lipinski definition) is 0. The van der Waals surface area contributed by atoms with Crippen LogP contribution in [-0.4, -0.2) is 65.3 Å². The first-order chi connectivity index (χ1) is 13.1. The van der Waals surface area contributed by atoms with Gasteiger partial charge >= 0.3 is 0 Å². The molecule has 6 heteroatoms. The number of hydrogen-bond acceptors (Lipinski definition) is 4. The summed E-state index contributed by atoms with van der Waals surface area (Å²) < 4.78 is 5.19. The molecule has 1 aromatic heterocycles. The van der Waals surface area contributed by atoms with Crippen molar-refractivity contribution in [2.75, 3.05) is 32.7 Å². The molecule has 142 valence electrons. The number of benzene rings is 1. The predicted octanol–water partition coefficient (Wildman–Crippen LogP) is 2.01. The molecule has 1 aromatic carbocycles. The lowest BCUT2D eigenvalue weighted by Gasteiger charge is -2.39. The van der Waals surface area contributed by atoms with E-state index in [0.717, 1.165) is 19.5 Å². The van der Waals surface area contributed by atoms with Crippen molar-refractivity contribution in [1.29, 1.82) is 0 Å². The van der Waals surface area contributed by atoms with Gasteiger partial charge in [0, 0.05) is 39.3 Å². The van der Waals surface area contributed by atoms with Crippen LogP contribution in [0.5, 0.6) is 0 Å². The molecular formula is C21H25N3O3. The number of carbonyl (C=O) groups excluding carboxylic acids is 2. The van der Waals surface area contributed by atoms with Crippen molar-refractivity contribution in [1.82, 2.24) is 14.7 Å². The molecule has 1 atom stereocenters. The van der Waals surface area contributed by atoms with Gasteiger partial charge in [0.1, 0.15) is 0 Å². The zero-order chi connectivity index (χ0) is 18.8. The van der Waals surface area contributed by atoms with Crippen molar-refractivity contribution < 1.29 is 14.0 Å². The summed E-state index contributed by atoms with van der Waals surface area (Å²) in [5.74, 6) is 0.405. The van der Waals surface area contributed by atoms with Gasteiger partial charge in [-0.3, -0.25) is 14.5 Å². The summed E-state index contributed by atoms with van der Waals surface area (Å²) in [5, 5.41) is 0. The van der Waals surface area contributed by atoms with E-state index in [4.69, 9.17) is 4.42 Å². The van der Waals surface area contributed by atoms with Crippen molar-refractivity contribution in [3.8, 4) is 0 Å². The third kappa shape index (κ3) is 3.62. The lowest BCUT2D eigenvalue weighted by molar-refractivity contribution is -0.138. The van der Waals surface area contributed by atoms with E-state index in [9.17, 15) is 9.59 Å². The fraction of sp³-hybridized carbons (Fsp3) is 0.429. The Morgan fingerprint density at radius 2 is 1.63 bits per heavy atom.